The first-order valence-corrected chi connectivity index (χ1v) is 11.5. The van der Waals surface area contributed by atoms with Crippen molar-refractivity contribution in [2.24, 2.45) is 0 Å². The normalized spacial score (nSPS) is 14.6. The Morgan fingerprint density at radius 3 is 2.66 bits per heavy atom. The number of nitro benzene ring substituents is 1. The largest absolute Gasteiger partial charge is 0.497 e. The number of carbonyl (C=O) groups is 2. The van der Waals surface area contributed by atoms with Gasteiger partial charge in [0.05, 0.1) is 35.1 Å². The number of ether oxygens (including phenoxy) is 2. The predicted molar refractivity (Wildman–Crippen MR) is 131 cm³/mol. The maximum Gasteiger partial charge on any atom is 0.293 e. The van der Waals surface area contributed by atoms with Crippen molar-refractivity contribution in [1.82, 2.24) is 4.90 Å². The zero-order chi connectivity index (χ0) is 25.1. The number of amides is 2. The van der Waals surface area contributed by atoms with Gasteiger partial charge in [-0.2, -0.15) is 0 Å². The van der Waals surface area contributed by atoms with Crippen LogP contribution in [0.5, 0.6) is 11.5 Å². The molecule has 0 aliphatic carbocycles. The summed E-state index contributed by atoms with van der Waals surface area (Å²) in [6.07, 6.45) is 1.45. The van der Waals surface area contributed by atoms with Crippen molar-refractivity contribution in [2.75, 3.05) is 20.3 Å². The molecule has 0 saturated carbocycles. The minimum atomic E-state index is -0.522. The number of aryl methyl sites for hydroxylation is 2. The molecule has 1 saturated heterocycles. The molecule has 1 aliphatic rings. The third-order valence-corrected chi connectivity index (χ3v) is 6.26. The van der Waals surface area contributed by atoms with Crippen molar-refractivity contribution >= 4 is 34.7 Å². The molecule has 1 fully saturated rings. The Labute approximate surface area is 205 Å². The van der Waals surface area contributed by atoms with Gasteiger partial charge in [-0.3, -0.25) is 24.6 Å². The van der Waals surface area contributed by atoms with Crippen LogP contribution in [-0.4, -0.2) is 41.2 Å². The summed E-state index contributed by atoms with van der Waals surface area (Å²) >= 11 is 0.805. The summed E-state index contributed by atoms with van der Waals surface area (Å²) in [4.78, 5) is 37.5. The predicted octanol–water partition coefficient (Wildman–Crippen LogP) is 5.60. The fraction of sp³-hybridized carbons (Fsp3) is 0.200. The number of nitro groups is 1. The van der Waals surface area contributed by atoms with Gasteiger partial charge in [0.15, 0.2) is 0 Å². The second-order valence-corrected chi connectivity index (χ2v) is 8.79. The number of rotatable bonds is 8. The summed E-state index contributed by atoms with van der Waals surface area (Å²) in [7, 11) is 1.42. The Hall–Kier alpha value is -4.05. The SMILES string of the molecule is COc1ccc(-c2ccc(/C=C3\SC(=O)N(CCOc4cc(C)ccc4C)C3=O)o2)c([N+](=O)[O-])c1. The molecule has 0 N–H and O–H groups in total. The first-order chi connectivity index (χ1) is 16.8. The molecule has 1 aliphatic heterocycles. The Kier molecular flexibility index (Phi) is 6.92. The Morgan fingerprint density at radius 2 is 1.91 bits per heavy atom. The Morgan fingerprint density at radius 1 is 1.11 bits per heavy atom. The van der Waals surface area contributed by atoms with Crippen molar-refractivity contribution in [3.8, 4) is 22.8 Å². The van der Waals surface area contributed by atoms with Crippen molar-refractivity contribution in [3.63, 3.8) is 0 Å². The van der Waals surface area contributed by atoms with E-state index in [2.05, 4.69) is 0 Å². The minimum Gasteiger partial charge on any atom is -0.497 e. The van der Waals surface area contributed by atoms with Crippen molar-refractivity contribution in [2.45, 2.75) is 13.8 Å². The second kappa shape index (κ2) is 10.1. The molecule has 2 amide bonds. The molecule has 0 spiro atoms. The molecule has 0 atom stereocenters. The lowest BCUT2D eigenvalue weighted by atomic mass is 10.1. The average Bonchev–Trinajstić information content (AvgIpc) is 3.40. The number of furan rings is 1. The van der Waals surface area contributed by atoms with Crippen LogP contribution in [0.2, 0.25) is 0 Å². The number of hydrogen-bond acceptors (Lipinski definition) is 8. The molecule has 180 valence electrons. The maximum absolute atomic E-state index is 12.8. The Bertz CT molecular complexity index is 1350. The monoisotopic (exact) mass is 494 g/mol. The highest BCUT2D eigenvalue weighted by atomic mass is 32.2. The van der Waals surface area contributed by atoms with E-state index >= 15 is 0 Å². The Balaban J connectivity index is 1.47. The molecular weight excluding hydrogens is 472 g/mol. The summed E-state index contributed by atoms with van der Waals surface area (Å²) in [6, 6.07) is 13.4. The summed E-state index contributed by atoms with van der Waals surface area (Å²) in [5.74, 6) is 1.16. The number of carbonyl (C=O) groups excluding carboxylic acids is 2. The van der Waals surface area contributed by atoms with E-state index in [0.717, 1.165) is 27.8 Å². The van der Waals surface area contributed by atoms with E-state index < -0.39 is 16.1 Å². The van der Waals surface area contributed by atoms with Crippen LogP contribution in [0.3, 0.4) is 0 Å². The zero-order valence-corrected chi connectivity index (χ0v) is 20.1. The van der Waals surface area contributed by atoms with Crippen LogP contribution >= 0.6 is 11.8 Å². The summed E-state index contributed by atoms with van der Waals surface area (Å²) < 4.78 is 16.6. The van der Waals surface area contributed by atoms with Gasteiger partial charge in [-0.05, 0) is 67.1 Å². The van der Waals surface area contributed by atoms with Crippen LogP contribution in [-0.2, 0) is 4.79 Å². The van der Waals surface area contributed by atoms with Crippen molar-refractivity contribution < 1.29 is 28.4 Å². The highest BCUT2D eigenvalue weighted by molar-refractivity contribution is 8.18. The van der Waals surface area contributed by atoms with Crippen LogP contribution in [0, 0.1) is 24.0 Å². The molecule has 10 heteroatoms. The first kappa shape index (κ1) is 24.1. The molecule has 0 radical (unpaired) electrons. The first-order valence-electron chi connectivity index (χ1n) is 10.6. The lowest BCUT2D eigenvalue weighted by Gasteiger charge is -2.14. The van der Waals surface area contributed by atoms with Gasteiger partial charge in [-0.25, -0.2) is 0 Å². The molecule has 4 rings (SSSR count). The quantitative estimate of drug-likeness (QED) is 0.226. The number of hydrogen-bond donors (Lipinski definition) is 0. The molecule has 0 bridgehead atoms. The standard InChI is InChI=1S/C25H22N2O7S/c1-15-4-5-16(2)22(12-15)33-11-10-26-24(28)23(35-25(26)29)14-18-7-9-21(34-18)19-8-6-17(32-3)13-20(19)27(30)31/h4-9,12-14H,10-11H2,1-3H3/b23-14-. The van der Waals surface area contributed by atoms with Crippen molar-refractivity contribution in [3.05, 3.63) is 80.4 Å². The molecular formula is C25H22N2O7S. The molecule has 1 aromatic heterocycles. The van der Waals surface area contributed by atoms with Crippen LogP contribution in [0.25, 0.3) is 17.4 Å². The number of imide groups is 1. The van der Waals surface area contributed by atoms with E-state index in [-0.39, 0.29) is 35.1 Å². The van der Waals surface area contributed by atoms with Crippen LogP contribution in [0.15, 0.2) is 57.9 Å². The topological polar surface area (TPSA) is 112 Å². The summed E-state index contributed by atoms with van der Waals surface area (Å²) in [6.45, 7) is 4.16. The lowest BCUT2D eigenvalue weighted by molar-refractivity contribution is -0.384. The van der Waals surface area contributed by atoms with Gasteiger partial charge in [0.25, 0.3) is 16.8 Å². The second-order valence-electron chi connectivity index (χ2n) is 7.79. The van der Waals surface area contributed by atoms with E-state index in [1.165, 1.54) is 25.3 Å². The molecule has 0 unspecified atom stereocenters. The average molecular weight is 495 g/mol. The van der Waals surface area contributed by atoms with Gasteiger partial charge in [-0.15, -0.1) is 0 Å². The fourth-order valence-corrected chi connectivity index (χ4v) is 4.35. The van der Waals surface area contributed by atoms with Crippen LogP contribution in [0.4, 0.5) is 10.5 Å². The third-order valence-electron chi connectivity index (χ3n) is 5.36. The van der Waals surface area contributed by atoms with Gasteiger partial charge >= 0.3 is 0 Å². The van der Waals surface area contributed by atoms with Crippen LogP contribution in [0.1, 0.15) is 16.9 Å². The maximum atomic E-state index is 12.8. The highest BCUT2D eigenvalue weighted by Crippen LogP contribution is 2.36. The van der Waals surface area contributed by atoms with Crippen LogP contribution < -0.4 is 9.47 Å². The number of methoxy groups -OCH3 is 1. The van der Waals surface area contributed by atoms with Gasteiger partial charge in [0.1, 0.15) is 29.6 Å². The molecule has 3 aromatic rings. The zero-order valence-electron chi connectivity index (χ0n) is 19.3. The van der Waals surface area contributed by atoms with E-state index in [9.17, 15) is 19.7 Å². The van der Waals surface area contributed by atoms with Gasteiger partial charge < -0.3 is 13.9 Å². The summed E-state index contributed by atoms with van der Waals surface area (Å²) in [5.41, 5.74) is 2.12. The van der Waals surface area contributed by atoms with Gasteiger partial charge in [0, 0.05) is 6.08 Å². The molecule has 9 nitrogen and oxygen atoms in total. The van der Waals surface area contributed by atoms with E-state index in [1.54, 1.807) is 18.2 Å². The smallest absolute Gasteiger partial charge is 0.293 e. The molecule has 2 aromatic carbocycles. The van der Waals surface area contributed by atoms with Gasteiger partial charge in [0.2, 0.25) is 0 Å². The van der Waals surface area contributed by atoms with Gasteiger partial charge in [-0.1, -0.05) is 12.1 Å². The number of thioether (sulfide) groups is 1. The third kappa shape index (κ3) is 5.22. The lowest BCUT2D eigenvalue weighted by Crippen LogP contribution is -2.32. The molecule has 35 heavy (non-hydrogen) atoms. The minimum absolute atomic E-state index is 0.108. The summed E-state index contributed by atoms with van der Waals surface area (Å²) in [5, 5.41) is 11.1. The van der Waals surface area contributed by atoms with E-state index in [0.29, 0.717) is 17.3 Å². The van der Waals surface area contributed by atoms with Crippen molar-refractivity contribution in [1.29, 1.82) is 0 Å². The van der Waals surface area contributed by atoms with E-state index in [1.807, 2.05) is 32.0 Å². The number of nitrogens with zero attached hydrogens (tertiary/aromatic N) is 2. The number of benzene rings is 2. The molecule has 2 heterocycles. The van der Waals surface area contributed by atoms with E-state index in [4.69, 9.17) is 13.9 Å². The highest BCUT2D eigenvalue weighted by Gasteiger charge is 2.35. The fourth-order valence-electron chi connectivity index (χ4n) is 3.50.